The first kappa shape index (κ1) is 14.9. The molecule has 2 aliphatic rings. The van der Waals surface area contributed by atoms with Gasteiger partial charge in [0.2, 0.25) is 0 Å². The van der Waals surface area contributed by atoms with Crippen molar-refractivity contribution in [3.05, 3.63) is 29.8 Å². The maximum absolute atomic E-state index is 5.81. The number of nitrogens with zero attached hydrogens (tertiary/aromatic N) is 2. The Hall–Kier alpha value is -1.06. The lowest BCUT2D eigenvalue weighted by molar-refractivity contribution is 0.0406. The van der Waals surface area contributed by atoms with Gasteiger partial charge in [-0.1, -0.05) is 32.4 Å². The molecule has 0 saturated carbocycles. The van der Waals surface area contributed by atoms with E-state index in [2.05, 4.69) is 35.8 Å². The molecule has 1 aromatic rings. The molecule has 0 aliphatic carbocycles. The third kappa shape index (κ3) is 3.41. The monoisotopic (exact) mass is 287 g/mol. The molecule has 3 nitrogen and oxygen atoms in total. The molecule has 1 aromatic carbocycles. The van der Waals surface area contributed by atoms with E-state index < -0.39 is 0 Å². The summed E-state index contributed by atoms with van der Waals surface area (Å²) in [5.74, 6) is 0. The topological polar surface area (TPSA) is 32.5 Å². The third-order valence-electron chi connectivity index (χ3n) is 5.23. The summed E-state index contributed by atoms with van der Waals surface area (Å²) >= 11 is 0. The first-order valence-corrected chi connectivity index (χ1v) is 8.37. The predicted octanol–water partition coefficient (Wildman–Crippen LogP) is 2.72. The molecule has 0 aromatic heterocycles. The fourth-order valence-corrected chi connectivity index (χ4v) is 3.95. The van der Waals surface area contributed by atoms with Crippen molar-refractivity contribution >= 4 is 5.69 Å². The maximum atomic E-state index is 5.81. The van der Waals surface area contributed by atoms with E-state index >= 15 is 0 Å². The number of nitrogen functional groups attached to an aromatic ring is 1. The smallest absolute Gasteiger partial charge is 0.0314 e. The Kier molecular flexibility index (Phi) is 4.23. The average molecular weight is 287 g/mol. The van der Waals surface area contributed by atoms with Crippen molar-refractivity contribution in [1.29, 1.82) is 0 Å². The molecule has 21 heavy (non-hydrogen) atoms. The van der Waals surface area contributed by atoms with Crippen molar-refractivity contribution in [3.8, 4) is 0 Å². The summed E-state index contributed by atoms with van der Waals surface area (Å²) in [7, 11) is 0. The molecule has 3 heteroatoms. The van der Waals surface area contributed by atoms with Crippen LogP contribution in [0.15, 0.2) is 24.3 Å². The molecule has 0 bridgehead atoms. The van der Waals surface area contributed by atoms with Crippen LogP contribution >= 0.6 is 0 Å². The molecule has 2 N–H and O–H groups in total. The minimum atomic E-state index is 0.185. The molecule has 0 amide bonds. The zero-order valence-electron chi connectivity index (χ0n) is 13.5. The van der Waals surface area contributed by atoms with E-state index in [-0.39, 0.29) is 5.41 Å². The fraction of sp³-hybridized carbons (Fsp3) is 0.667. The van der Waals surface area contributed by atoms with Gasteiger partial charge in [-0.25, -0.2) is 0 Å². The standard InChI is InChI=1S/C18H29N3/c1-18(2,15-6-8-16(19)9-7-15)14-20-11-12-21-10-4-3-5-17(21)13-20/h6-9,17H,3-5,10-14,19H2,1-2H3. The Balaban J connectivity index is 1.63. The summed E-state index contributed by atoms with van der Waals surface area (Å²) in [5, 5.41) is 0. The summed E-state index contributed by atoms with van der Waals surface area (Å²) in [6.45, 7) is 10.9. The highest BCUT2D eigenvalue weighted by Gasteiger charge is 2.32. The summed E-state index contributed by atoms with van der Waals surface area (Å²) < 4.78 is 0. The second kappa shape index (κ2) is 5.98. The molecule has 2 saturated heterocycles. The number of nitrogens with two attached hydrogens (primary N) is 1. The van der Waals surface area contributed by atoms with Crippen LogP contribution in [0.3, 0.4) is 0 Å². The van der Waals surface area contributed by atoms with Gasteiger partial charge in [-0.3, -0.25) is 9.80 Å². The van der Waals surface area contributed by atoms with Crippen molar-refractivity contribution in [2.45, 2.75) is 44.6 Å². The van der Waals surface area contributed by atoms with Crippen LogP contribution in [0.4, 0.5) is 5.69 Å². The van der Waals surface area contributed by atoms with Crippen LogP contribution in [-0.2, 0) is 5.41 Å². The SMILES string of the molecule is CC(C)(CN1CCN2CCCCC2C1)c1ccc(N)cc1. The largest absolute Gasteiger partial charge is 0.399 e. The Morgan fingerprint density at radius 2 is 1.86 bits per heavy atom. The second-order valence-corrected chi connectivity index (χ2v) is 7.43. The first-order chi connectivity index (χ1) is 10.0. The fourth-order valence-electron chi connectivity index (χ4n) is 3.95. The van der Waals surface area contributed by atoms with Gasteiger partial charge in [0.25, 0.3) is 0 Å². The minimum Gasteiger partial charge on any atom is -0.399 e. The summed E-state index contributed by atoms with van der Waals surface area (Å²) in [6.07, 6.45) is 4.20. The van der Waals surface area contributed by atoms with Crippen molar-refractivity contribution in [3.63, 3.8) is 0 Å². The van der Waals surface area contributed by atoms with Crippen molar-refractivity contribution in [2.24, 2.45) is 0 Å². The number of anilines is 1. The zero-order chi connectivity index (χ0) is 14.9. The Morgan fingerprint density at radius 3 is 2.62 bits per heavy atom. The molecular weight excluding hydrogens is 258 g/mol. The van der Waals surface area contributed by atoms with Crippen molar-refractivity contribution in [1.82, 2.24) is 9.80 Å². The molecule has 0 spiro atoms. The summed E-state index contributed by atoms with van der Waals surface area (Å²) in [6, 6.07) is 9.22. The van der Waals surface area contributed by atoms with Gasteiger partial charge in [-0.2, -0.15) is 0 Å². The highest BCUT2D eigenvalue weighted by molar-refractivity contribution is 5.41. The third-order valence-corrected chi connectivity index (χ3v) is 5.23. The van der Waals surface area contributed by atoms with Gasteiger partial charge in [0.1, 0.15) is 0 Å². The Labute approximate surface area is 129 Å². The van der Waals surface area contributed by atoms with Crippen LogP contribution in [0.5, 0.6) is 0 Å². The zero-order valence-corrected chi connectivity index (χ0v) is 13.5. The minimum absolute atomic E-state index is 0.185. The van der Waals surface area contributed by atoms with E-state index in [4.69, 9.17) is 5.73 Å². The summed E-state index contributed by atoms with van der Waals surface area (Å²) in [4.78, 5) is 5.37. The highest BCUT2D eigenvalue weighted by atomic mass is 15.3. The van der Waals surface area contributed by atoms with Gasteiger partial charge in [0.05, 0.1) is 0 Å². The number of piperidine rings is 1. The average Bonchev–Trinajstić information content (AvgIpc) is 2.47. The molecule has 2 heterocycles. The molecular formula is C18H29N3. The molecule has 1 unspecified atom stereocenters. The Bertz CT molecular complexity index is 466. The molecule has 3 rings (SSSR count). The van der Waals surface area contributed by atoms with E-state index in [0.717, 1.165) is 18.3 Å². The number of hydrogen-bond donors (Lipinski definition) is 1. The number of piperazine rings is 1. The van der Waals surface area contributed by atoms with Crippen LogP contribution in [0.2, 0.25) is 0 Å². The van der Waals surface area contributed by atoms with Gasteiger partial charge in [0, 0.05) is 43.3 Å². The normalized spacial score (nSPS) is 24.8. The van der Waals surface area contributed by atoms with E-state index in [9.17, 15) is 0 Å². The van der Waals surface area contributed by atoms with Gasteiger partial charge < -0.3 is 5.73 Å². The van der Waals surface area contributed by atoms with E-state index in [1.165, 1.54) is 51.0 Å². The molecule has 2 aliphatic heterocycles. The van der Waals surface area contributed by atoms with E-state index in [0.29, 0.717) is 0 Å². The van der Waals surface area contributed by atoms with Gasteiger partial charge >= 0.3 is 0 Å². The van der Waals surface area contributed by atoms with Gasteiger partial charge in [-0.05, 0) is 37.1 Å². The maximum Gasteiger partial charge on any atom is 0.0314 e. The van der Waals surface area contributed by atoms with Crippen LogP contribution < -0.4 is 5.73 Å². The van der Waals surface area contributed by atoms with Crippen LogP contribution in [0.1, 0.15) is 38.7 Å². The van der Waals surface area contributed by atoms with Gasteiger partial charge in [0.15, 0.2) is 0 Å². The lowest BCUT2D eigenvalue weighted by atomic mass is 9.83. The number of rotatable bonds is 3. The van der Waals surface area contributed by atoms with Gasteiger partial charge in [-0.15, -0.1) is 0 Å². The lowest BCUT2D eigenvalue weighted by Crippen LogP contribution is -2.56. The van der Waals surface area contributed by atoms with E-state index in [1.54, 1.807) is 0 Å². The molecule has 116 valence electrons. The van der Waals surface area contributed by atoms with Crippen molar-refractivity contribution in [2.75, 3.05) is 38.5 Å². The molecule has 1 atom stereocenters. The number of fused-ring (bicyclic) bond motifs is 1. The Morgan fingerprint density at radius 1 is 1.10 bits per heavy atom. The second-order valence-electron chi connectivity index (χ2n) is 7.43. The quantitative estimate of drug-likeness (QED) is 0.868. The predicted molar refractivity (Wildman–Crippen MR) is 89.5 cm³/mol. The highest BCUT2D eigenvalue weighted by Crippen LogP contribution is 2.28. The lowest BCUT2D eigenvalue weighted by Gasteiger charge is -2.46. The van der Waals surface area contributed by atoms with E-state index in [1.807, 2.05) is 12.1 Å². The first-order valence-electron chi connectivity index (χ1n) is 8.37. The summed E-state index contributed by atoms with van der Waals surface area (Å²) in [5.41, 5.74) is 8.24. The molecule has 2 fully saturated rings. The van der Waals surface area contributed by atoms with Crippen molar-refractivity contribution < 1.29 is 0 Å². The van der Waals surface area contributed by atoms with Crippen LogP contribution in [0.25, 0.3) is 0 Å². The molecule has 0 radical (unpaired) electrons. The van der Waals surface area contributed by atoms with Crippen LogP contribution in [0, 0.1) is 0 Å². The van der Waals surface area contributed by atoms with Crippen LogP contribution in [-0.4, -0.2) is 48.6 Å². The number of hydrogen-bond acceptors (Lipinski definition) is 3. The number of benzene rings is 1.